The third-order valence-electron chi connectivity index (χ3n) is 4.38. The Balaban J connectivity index is 1.71. The quantitative estimate of drug-likeness (QED) is 0.705. The van der Waals surface area contributed by atoms with Crippen molar-refractivity contribution in [2.45, 2.75) is 25.9 Å². The smallest absolute Gasteiger partial charge is 0.243 e. The molecule has 0 aliphatic carbocycles. The van der Waals surface area contributed by atoms with E-state index in [9.17, 15) is 14.0 Å². The van der Waals surface area contributed by atoms with Crippen LogP contribution in [0.3, 0.4) is 0 Å². The van der Waals surface area contributed by atoms with Gasteiger partial charge in [-0.15, -0.1) is 0 Å². The Labute approximate surface area is 157 Å². The number of hydrogen-bond acceptors (Lipinski definition) is 2. The summed E-state index contributed by atoms with van der Waals surface area (Å²) < 4.78 is 13.1. The van der Waals surface area contributed by atoms with Crippen LogP contribution in [0.1, 0.15) is 18.1 Å². The van der Waals surface area contributed by atoms with E-state index in [1.807, 2.05) is 42.5 Å². The average Bonchev–Trinajstić information content (AvgIpc) is 2.67. The van der Waals surface area contributed by atoms with Crippen LogP contribution in [-0.4, -0.2) is 17.9 Å². The Bertz CT molecular complexity index is 949. The van der Waals surface area contributed by atoms with Crippen molar-refractivity contribution in [3.8, 4) is 0 Å². The van der Waals surface area contributed by atoms with E-state index in [-0.39, 0.29) is 17.6 Å². The summed E-state index contributed by atoms with van der Waals surface area (Å²) >= 11 is 0. The molecule has 0 heterocycles. The van der Waals surface area contributed by atoms with Gasteiger partial charge in [-0.1, -0.05) is 54.6 Å². The molecule has 138 valence electrons. The first-order valence-electron chi connectivity index (χ1n) is 8.79. The second kappa shape index (κ2) is 8.45. The number of nitrogens with one attached hydrogen (secondary N) is 2. The van der Waals surface area contributed by atoms with E-state index in [1.165, 1.54) is 19.1 Å². The van der Waals surface area contributed by atoms with Crippen molar-refractivity contribution in [3.05, 3.63) is 83.7 Å². The van der Waals surface area contributed by atoms with Gasteiger partial charge in [0, 0.05) is 19.9 Å². The predicted molar refractivity (Wildman–Crippen MR) is 104 cm³/mol. The van der Waals surface area contributed by atoms with E-state index >= 15 is 0 Å². The summed E-state index contributed by atoms with van der Waals surface area (Å²) in [6.07, 6.45) is 0.293. The van der Waals surface area contributed by atoms with E-state index in [4.69, 9.17) is 0 Å². The van der Waals surface area contributed by atoms with Crippen LogP contribution in [0.5, 0.6) is 0 Å². The maximum atomic E-state index is 13.1. The fourth-order valence-electron chi connectivity index (χ4n) is 3.06. The van der Waals surface area contributed by atoms with Crippen LogP contribution >= 0.6 is 0 Å². The van der Waals surface area contributed by atoms with E-state index < -0.39 is 6.04 Å². The Kier molecular flexibility index (Phi) is 5.81. The molecule has 3 aromatic carbocycles. The van der Waals surface area contributed by atoms with Gasteiger partial charge < -0.3 is 10.6 Å². The van der Waals surface area contributed by atoms with Crippen LogP contribution < -0.4 is 10.6 Å². The Morgan fingerprint density at radius 1 is 0.963 bits per heavy atom. The van der Waals surface area contributed by atoms with Crippen LogP contribution in [0, 0.1) is 5.82 Å². The zero-order chi connectivity index (χ0) is 19.2. The molecule has 0 fully saturated rings. The molecule has 0 unspecified atom stereocenters. The lowest BCUT2D eigenvalue weighted by Gasteiger charge is -2.18. The third kappa shape index (κ3) is 4.91. The monoisotopic (exact) mass is 364 g/mol. The van der Waals surface area contributed by atoms with Crippen molar-refractivity contribution < 1.29 is 14.0 Å². The molecule has 4 nitrogen and oxygen atoms in total. The Morgan fingerprint density at radius 2 is 1.67 bits per heavy atom. The first-order chi connectivity index (χ1) is 13.0. The normalized spacial score (nSPS) is 11.8. The van der Waals surface area contributed by atoms with E-state index in [0.717, 1.165) is 21.9 Å². The lowest BCUT2D eigenvalue weighted by Crippen LogP contribution is -2.47. The Hall–Kier alpha value is -3.21. The second-order valence-corrected chi connectivity index (χ2v) is 6.44. The zero-order valence-electron chi connectivity index (χ0n) is 15.0. The summed E-state index contributed by atoms with van der Waals surface area (Å²) in [7, 11) is 0. The number of carbonyl (C=O) groups is 2. The van der Waals surface area contributed by atoms with Crippen LogP contribution in [-0.2, 0) is 22.6 Å². The summed E-state index contributed by atoms with van der Waals surface area (Å²) in [5, 5.41) is 7.76. The third-order valence-corrected chi connectivity index (χ3v) is 4.38. The highest BCUT2D eigenvalue weighted by Crippen LogP contribution is 2.18. The van der Waals surface area contributed by atoms with Crippen LogP contribution in [0.25, 0.3) is 10.8 Å². The fourth-order valence-corrected chi connectivity index (χ4v) is 3.06. The van der Waals surface area contributed by atoms with E-state index in [1.54, 1.807) is 12.1 Å². The van der Waals surface area contributed by atoms with Crippen molar-refractivity contribution >= 4 is 22.6 Å². The lowest BCUT2D eigenvalue weighted by atomic mass is 10.0. The lowest BCUT2D eigenvalue weighted by molar-refractivity contribution is -0.128. The minimum Gasteiger partial charge on any atom is -0.350 e. The standard InChI is InChI=1S/C22H21FN2O2/c1-15(26)25-21(13-16-9-11-19(23)12-10-16)22(27)24-14-18-7-4-6-17-5-2-3-8-20(17)18/h2-12,21H,13-14H2,1H3,(H,24,27)(H,25,26)/t21-/m0/s1. The summed E-state index contributed by atoms with van der Waals surface area (Å²) in [4.78, 5) is 24.2. The predicted octanol–water partition coefficient (Wildman–Crippen LogP) is 3.34. The maximum Gasteiger partial charge on any atom is 0.243 e. The fraction of sp³-hybridized carbons (Fsp3) is 0.182. The van der Waals surface area contributed by atoms with Gasteiger partial charge in [-0.05, 0) is 34.0 Å². The number of rotatable bonds is 6. The highest BCUT2D eigenvalue weighted by molar-refractivity contribution is 5.88. The second-order valence-electron chi connectivity index (χ2n) is 6.44. The van der Waals surface area contributed by atoms with Gasteiger partial charge >= 0.3 is 0 Å². The highest BCUT2D eigenvalue weighted by Gasteiger charge is 2.20. The minimum absolute atomic E-state index is 0.276. The number of carbonyl (C=O) groups excluding carboxylic acids is 2. The minimum atomic E-state index is -0.720. The first kappa shape index (κ1) is 18.6. The molecule has 5 heteroatoms. The zero-order valence-corrected chi connectivity index (χ0v) is 15.0. The molecular formula is C22H21FN2O2. The van der Waals surface area contributed by atoms with Crippen molar-refractivity contribution in [2.24, 2.45) is 0 Å². The van der Waals surface area contributed by atoms with E-state index in [2.05, 4.69) is 10.6 Å². The summed E-state index contributed by atoms with van der Waals surface area (Å²) in [6, 6.07) is 19.1. The Morgan fingerprint density at radius 3 is 2.41 bits per heavy atom. The molecule has 0 aliphatic rings. The molecule has 2 amide bonds. The van der Waals surface area contributed by atoms with Crippen molar-refractivity contribution in [2.75, 3.05) is 0 Å². The number of fused-ring (bicyclic) bond motifs is 1. The molecule has 2 N–H and O–H groups in total. The van der Waals surface area contributed by atoms with Gasteiger partial charge in [-0.3, -0.25) is 9.59 Å². The first-order valence-corrected chi connectivity index (χ1v) is 8.79. The molecular weight excluding hydrogens is 343 g/mol. The summed E-state index contributed by atoms with van der Waals surface area (Å²) in [5.74, 6) is -0.903. The molecule has 0 aromatic heterocycles. The van der Waals surface area contributed by atoms with Crippen LogP contribution in [0.4, 0.5) is 4.39 Å². The molecule has 0 bridgehead atoms. The van der Waals surface area contributed by atoms with Gasteiger partial charge in [0.25, 0.3) is 0 Å². The molecule has 0 aliphatic heterocycles. The van der Waals surface area contributed by atoms with Gasteiger partial charge in [0.2, 0.25) is 11.8 Å². The van der Waals surface area contributed by atoms with E-state index in [0.29, 0.717) is 13.0 Å². The molecule has 27 heavy (non-hydrogen) atoms. The van der Waals surface area contributed by atoms with Crippen molar-refractivity contribution in [3.63, 3.8) is 0 Å². The van der Waals surface area contributed by atoms with Crippen LogP contribution in [0.2, 0.25) is 0 Å². The van der Waals surface area contributed by atoms with Gasteiger partial charge in [0.05, 0.1) is 0 Å². The maximum absolute atomic E-state index is 13.1. The summed E-state index contributed by atoms with van der Waals surface area (Å²) in [5.41, 5.74) is 1.78. The molecule has 1 atom stereocenters. The number of amides is 2. The van der Waals surface area contributed by atoms with Gasteiger partial charge in [-0.25, -0.2) is 4.39 Å². The largest absolute Gasteiger partial charge is 0.350 e. The number of hydrogen-bond donors (Lipinski definition) is 2. The number of halogens is 1. The molecule has 0 radical (unpaired) electrons. The summed E-state index contributed by atoms with van der Waals surface area (Å²) in [6.45, 7) is 1.73. The van der Waals surface area contributed by atoms with Gasteiger partial charge in [0.1, 0.15) is 11.9 Å². The molecule has 3 aromatic rings. The van der Waals surface area contributed by atoms with Gasteiger partial charge in [0.15, 0.2) is 0 Å². The topological polar surface area (TPSA) is 58.2 Å². The van der Waals surface area contributed by atoms with Crippen molar-refractivity contribution in [1.29, 1.82) is 0 Å². The van der Waals surface area contributed by atoms with Crippen LogP contribution in [0.15, 0.2) is 66.7 Å². The highest BCUT2D eigenvalue weighted by atomic mass is 19.1. The molecule has 3 rings (SSSR count). The molecule has 0 spiro atoms. The number of benzene rings is 3. The average molecular weight is 364 g/mol. The van der Waals surface area contributed by atoms with Gasteiger partial charge in [-0.2, -0.15) is 0 Å². The molecule has 0 saturated heterocycles. The van der Waals surface area contributed by atoms with Crippen molar-refractivity contribution in [1.82, 2.24) is 10.6 Å². The molecule has 0 saturated carbocycles. The SMILES string of the molecule is CC(=O)N[C@@H](Cc1ccc(F)cc1)C(=O)NCc1cccc2ccccc12.